The highest BCUT2D eigenvalue weighted by Gasteiger charge is 2.50. The standard InChI is InChI=1S/C23H37N3O12/c1-26(12-2-5-24-6-3-12)8-4-15(29)25-7-9-35-22-20(34)18(32)21(14(11-28)37-22)38-23-19(33)17(31)16(30)13(10-27)36-23/h2-3,5-6,13-14,16-23,27-28,30-34H,4,7-11H2,1H3,(H,25,29)/t13-,14-,16+,17+,18-,19-,20-,21-,22-,23+/m1/s1. The van der Waals surface area contributed by atoms with Gasteiger partial charge in [-0.3, -0.25) is 9.78 Å². The van der Waals surface area contributed by atoms with Gasteiger partial charge in [0.25, 0.3) is 0 Å². The molecule has 3 rings (SSSR count). The zero-order valence-corrected chi connectivity index (χ0v) is 20.9. The van der Waals surface area contributed by atoms with Crippen molar-refractivity contribution >= 4 is 11.6 Å². The molecule has 0 aliphatic carbocycles. The summed E-state index contributed by atoms with van der Waals surface area (Å²) in [6.45, 7) is -0.866. The van der Waals surface area contributed by atoms with Crippen LogP contribution >= 0.6 is 0 Å². The summed E-state index contributed by atoms with van der Waals surface area (Å²) in [5.41, 5.74) is 0.922. The molecule has 15 heteroatoms. The summed E-state index contributed by atoms with van der Waals surface area (Å²) >= 11 is 0. The van der Waals surface area contributed by atoms with Gasteiger partial charge in [0, 0.05) is 44.6 Å². The SMILES string of the molecule is CN(CCC(=O)NCCO[C@@H]1O[C@H](CO)[C@@H](O[C@@H]2O[C@H](CO)[C@H](O)[C@H](O)[C@H]2O)[C@H](O)[C@H]1O)c1ccncc1. The Balaban J connectivity index is 1.44. The molecule has 2 aliphatic heterocycles. The van der Waals surface area contributed by atoms with Crippen molar-refractivity contribution < 1.29 is 59.5 Å². The van der Waals surface area contributed by atoms with E-state index in [0.29, 0.717) is 6.54 Å². The lowest BCUT2D eigenvalue weighted by Crippen LogP contribution is -2.64. The van der Waals surface area contributed by atoms with E-state index >= 15 is 0 Å². The van der Waals surface area contributed by atoms with Crippen LogP contribution < -0.4 is 10.2 Å². The molecule has 2 aliphatic rings. The molecule has 1 aromatic rings. The molecular weight excluding hydrogens is 510 g/mol. The van der Waals surface area contributed by atoms with Crippen LogP contribution in [-0.4, -0.2) is 148 Å². The number of ether oxygens (including phenoxy) is 4. The Labute approximate surface area is 219 Å². The molecule has 15 nitrogen and oxygen atoms in total. The van der Waals surface area contributed by atoms with Gasteiger partial charge in [0.1, 0.15) is 48.8 Å². The molecule has 0 saturated carbocycles. The second-order valence-electron chi connectivity index (χ2n) is 9.10. The number of nitrogens with zero attached hydrogens (tertiary/aromatic N) is 2. The molecule has 216 valence electrons. The third kappa shape index (κ3) is 7.55. The molecule has 1 aromatic heterocycles. The summed E-state index contributed by atoms with van der Waals surface area (Å²) < 4.78 is 21.7. The number of hydrogen-bond donors (Lipinski definition) is 8. The van der Waals surface area contributed by atoms with Crippen molar-refractivity contribution in [3.63, 3.8) is 0 Å². The summed E-state index contributed by atoms with van der Waals surface area (Å²) in [7, 11) is 1.85. The van der Waals surface area contributed by atoms with Gasteiger partial charge in [-0.1, -0.05) is 0 Å². The summed E-state index contributed by atoms with van der Waals surface area (Å²) in [5, 5.41) is 72.8. The van der Waals surface area contributed by atoms with Crippen LogP contribution in [0.5, 0.6) is 0 Å². The van der Waals surface area contributed by atoms with E-state index < -0.39 is 74.6 Å². The van der Waals surface area contributed by atoms with Crippen molar-refractivity contribution in [1.29, 1.82) is 0 Å². The molecule has 0 bridgehead atoms. The van der Waals surface area contributed by atoms with Crippen molar-refractivity contribution in [3.8, 4) is 0 Å². The first-order valence-electron chi connectivity index (χ1n) is 12.3. The zero-order valence-electron chi connectivity index (χ0n) is 20.9. The van der Waals surface area contributed by atoms with Crippen LogP contribution in [0.1, 0.15) is 6.42 Å². The highest BCUT2D eigenvalue weighted by molar-refractivity contribution is 5.76. The molecule has 0 radical (unpaired) electrons. The fraction of sp³-hybridized carbons (Fsp3) is 0.739. The zero-order chi connectivity index (χ0) is 27.8. The van der Waals surface area contributed by atoms with Crippen LogP contribution in [0.3, 0.4) is 0 Å². The minimum atomic E-state index is -1.75. The maximum absolute atomic E-state index is 12.1. The average Bonchev–Trinajstić information content (AvgIpc) is 2.93. The lowest BCUT2D eigenvalue weighted by atomic mass is 9.97. The molecule has 0 aromatic carbocycles. The van der Waals surface area contributed by atoms with Gasteiger partial charge in [-0.25, -0.2) is 0 Å². The van der Waals surface area contributed by atoms with E-state index in [-0.39, 0.29) is 25.5 Å². The van der Waals surface area contributed by atoms with Crippen molar-refractivity contribution in [1.82, 2.24) is 10.3 Å². The molecule has 3 heterocycles. The van der Waals surface area contributed by atoms with E-state index in [1.165, 1.54) is 0 Å². The van der Waals surface area contributed by atoms with Crippen molar-refractivity contribution in [2.75, 3.05) is 44.9 Å². The molecular formula is C23H37N3O12. The lowest BCUT2D eigenvalue weighted by Gasteiger charge is -2.45. The molecule has 38 heavy (non-hydrogen) atoms. The number of anilines is 1. The predicted octanol–water partition coefficient (Wildman–Crippen LogP) is -4.34. The van der Waals surface area contributed by atoms with Crippen molar-refractivity contribution in [3.05, 3.63) is 24.5 Å². The van der Waals surface area contributed by atoms with Crippen molar-refractivity contribution in [2.24, 2.45) is 0 Å². The van der Waals surface area contributed by atoms with Crippen molar-refractivity contribution in [2.45, 2.75) is 67.8 Å². The van der Waals surface area contributed by atoms with Gasteiger partial charge in [0.05, 0.1) is 19.8 Å². The van der Waals surface area contributed by atoms with E-state index in [4.69, 9.17) is 18.9 Å². The number of amides is 1. The summed E-state index contributed by atoms with van der Waals surface area (Å²) in [4.78, 5) is 18.0. The Kier molecular flexibility index (Phi) is 11.6. The number of aromatic nitrogens is 1. The molecule has 2 saturated heterocycles. The van der Waals surface area contributed by atoms with Gasteiger partial charge < -0.3 is 64.9 Å². The molecule has 10 atom stereocenters. The number of aliphatic hydroxyl groups excluding tert-OH is 7. The number of rotatable bonds is 12. The number of aliphatic hydroxyl groups is 7. The Morgan fingerprint density at radius 2 is 1.58 bits per heavy atom. The van der Waals surface area contributed by atoms with Crippen LogP contribution in [0.2, 0.25) is 0 Å². The molecule has 2 fully saturated rings. The second-order valence-corrected chi connectivity index (χ2v) is 9.10. The van der Waals surface area contributed by atoms with E-state index in [1.807, 2.05) is 24.1 Å². The third-order valence-electron chi connectivity index (χ3n) is 6.44. The van der Waals surface area contributed by atoms with Crippen LogP contribution in [0.25, 0.3) is 0 Å². The number of nitrogens with one attached hydrogen (secondary N) is 1. The Morgan fingerprint density at radius 1 is 0.947 bits per heavy atom. The summed E-state index contributed by atoms with van der Waals surface area (Å²) in [5.74, 6) is -0.221. The van der Waals surface area contributed by atoms with E-state index in [0.717, 1.165) is 5.69 Å². The highest BCUT2D eigenvalue weighted by atomic mass is 16.7. The monoisotopic (exact) mass is 547 g/mol. The first-order chi connectivity index (χ1) is 18.2. The average molecular weight is 548 g/mol. The quantitative estimate of drug-likeness (QED) is 0.116. The summed E-state index contributed by atoms with van der Waals surface area (Å²) in [6, 6.07) is 3.66. The third-order valence-corrected chi connectivity index (χ3v) is 6.44. The van der Waals surface area contributed by atoms with Crippen LogP contribution in [0, 0.1) is 0 Å². The first kappa shape index (κ1) is 30.5. The van der Waals surface area contributed by atoms with Crippen LogP contribution in [0.15, 0.2) is 24.5 Å². The van der Waals surface area contributed by atoms with Gasteiger partial charge in [-0.15, -0.1) is 0 Å². The highest BCUT2D eigenvalue weighted by Crippen LogP contribution is 2.29. The molecule has 0 spiro atoms. The van der Waals surface area contributed by atoms with Gasteiger partial charge in [-0.05, 0) is 12.1 Å². The number of carbonyl (C=O) groups excluding carboxylic acids is 1. The number of pyridine rings is 1. The van der Waals surface area contributed by atoms with Gasteiger partial charge >= 0.3 is 0 Å². The Bertz CT molecular complexity index is 850. The minimum absolute atomic E-state index is 0.0727. The predicted molar refractivity (Wildman–Crippen MR) is 127 cm³/mol. The Hall–Kier alpha value is -2.02. The number of carbonyl (C=O) groups is 1. The number of hydrogen-bond acceptors (Lipinski definition) is 14. The summed E-state index contributed by atoms with van der Waals surface area (Å²) in [6.07, 6.45) is -11.7. The normalized spacial score (nSPS) is 35.6. The Morgan fingerprint density at radius 3 is 2.24 bits per heavy atom. The van der Waals surface area contributed by atoms with E-state index in [1.54, 1.807) is 12.4 Å². The van der Waals surface area contributed by atoms with Gasteiger partial charge in [0.2, 0.25) is 5.91 Å². The second kappa shape index (κ2) is 14.4. The molecule has 1 amide bonds. The fourth-order valence-corrected chi connectivity index (χ4v) is 4.14. The largest absolute Gasteiger partial charge is 0.394 e. The smallest absolute Gasteiger partial charge is 0.221 e. The maximum Gasteiger partial charge on any atom is 0.221 e. The van der Waals surface area contributed by atoms with Crippen LogP contribution in [0.4, 0.5) is 5.69 Å². The maximum atomic E-state index is 12.1. The van der Waals surface area contributed by atoms with Crippen LogP contribution in [-0.2, 0) is 23.7 Å². The fourth-order valence-electron chi connectivity index (χ4n) is 4.14. The minimum Gasteiger partial charge on any atom is -0.394 e. The van der Waals surface area contributed by atoms with Gasteiger partial charge in [-0.2, -0.15) is 0 Å². The van der Waals surface area contributed by atoms with Gasteiger partial charge in [0.15, 0.2) is 12.6 Å². The molecule has 8 N–H and O–H groups in total. The first-order valence-corrected chi connectivity index (χ1v) is 12.3. The lowest BCUT2D eigenvalue weighted by molar-refractivity contribution is -0.359. The molecule has 0 unspecified atom stereocenters. The van der Waals surface area contributed by atoms with E-state index in [9.17, 15) is 40.5 Å². The topological polar surface area (TPSA) is 224 Å². The van der Waals surface area contributed by atoms with E-state index in [2.05, 4.69) is 10.3 Å².